The molecule has 0 bridgehead atoms. The average Bonchev–Trinajstić information content (AvgIpc) is 2.45. The lowest BCUT2D eigenvalue weighted by Gasteiger charge is -2.51. The number of anilines is 1. The predicted octanol–water partition coefficient (Wildman–Crippen LogP) is 2.68. The Morgan fingerprint density at radius 1 is 1.31 bits per heavy atom. The summed E-state index contributed by atoms with van der Waals surface area (Å²) < 4.78 is 22.7. The molecule has 10 heteroatoms. The molecule has 1 saturated heterocycles. The lowest BCUT2D eigenvalue weighted by atomic mass is 9.79. The molecule has 0 radical (unpaired) electrons. The van der Waals surface area contributed by atoms with Crippen LogP contribution in [0.15, 0.2) is 23.1 Å². The van der Waals surface area contributed by atoms with Crippen molar-refractivity contribution in [2.45, 2.75) is 62.6 Å². The number of thiocarbonyl (C=S) groups is 1. The van der Waals surface area contributed by atoms with Gasteiger partial charge in [-0.1, -0.05) is 11.6 Å². The van der Waals surface area contributed by atoms with E-state index in [4.69, 9.17) is 29.0 Å². The Morgan fingerprint density at radius 2 is 1.85 bits per heavy atom. The first-order chi connectivity index (χ1) is 11.7. The molecule has 1 aromatic carbocycles. The number of halogens is 1. The number of benzene rings is 1. The number of primary sulfonamides is 1. The van der Waals surface area contributed by atoms with Gasteiger partial charge in [0.25, 0.3) is 0 Å². The van der Waals surface area contributed by atoms with Crippen molar-refractivity contribution < 1.29 is 13.6 Å². The highest BCUT2D eigenvalue weighted by Crippen LogP contribution is 2.36. The summed E-state index contributed by atoms with van der Waals surface area (Å²) in [6, 6.07) is 4.21. The Hall–Kier alpha value is -0.970. The maximum absolute atomic E-state index is 11.4. The third kappa shape index (κ3) is 4.85. The van der Waals surface area contributed by atoms with Gasteiger partial charge in [-0.3, -0.25) is 0 Å². The Bertz CT molecular complexity index is 794. The molecule has 2 rings (SSSR count). The van der Waals surface area contributed by atoms with Gasteiger partial charge in [-0.15, -0.1) is 0 Å². The van der Waals surface area contributed by atoms with Gasteiger partial charge < -0.3 is 15.8 Å². The van der Waals surface area contributed by atoms with Gasteiger partial charge in [0, 0.05) is 17.1 Å². The van der Waals surface area contributed by atoms with E-state index in [-0.39, 0.29) is 16.0 Å². The van der Waals surface area contributed by atoms with E-state index in [2.05, 4.69) is 10.6 Å². The van der Waals surface area contributed by atoms with E-state index < -0.39 is 21.1 Å². The number of nitrogens with one attached hydrogen (secondary N) is 2. The summed E-state index contributed by atoms with van der Waals surface area (Å²) >= 11 is 11.5. The third-order valence-electron chi connectivity index (χ3n) is 4.49. The van der Waals surface area contributed by atoms with Gasteiger partial charge in [0.05, 0.1) is 15.6 Å². The minimum atomic E-state index is -3.81. The Labute approximate surface area is 164 Å². The van der Waals surface area contributed by atoms with E-state index in [0.717, 1.165) is 0 Å². The zero-order chi connectivity index (χ0) is 19.9. The average molecular weight is 421 g/mol. The fourth-order valence-corrected chi connectivity index (χ4v) is 4.60. The molecule has 5 N–H and O–H groups in total. The van der Waals surface area contributed by atoms with E-state index in [0.29, 0.717) is 23.6 Å². The number of piperidine rings is 1. The summed E-state index contributed by atoms with van der Waals surface area (Å²) in [6.07, 6.45) is 1.40. The standard InChI is InChI=1S/C16H25ClN4O3S2/c1-15(2)8-10(9-16(3,4)21(15)22)19-14(25)20-13-6-5-11(7-12(13)17)26(18,23)24/h5-7,10,22H,8-9H2,1-4H3,(H2,18,23,24)(H2,19,20,25). The van der Waals surface area contributed by atoms with Gasteiger partial charge in [-0.25, -0.2) is 13.6 Å². The molecule has 0 amide bonds. The largest absolute Gasteiger partial charge is 0.360 e. The summed E-state index contributed by atoms with van der Waals surface area (Å²) in [5.74, 6) is 0. The van der Waals surface area contributed by atoms with Crippen molar-refractivity contribution in [1.82, 2.24) is 10.4 Å². The van der Waals surface area contributed by atoms with Crippen LogP contribution in [-0.4, -0.2) is 40.9 Å². The van der Waals surface area contributed by atoms with E-state index in [1.54, 1.807) is 0 Å². The molecular weight excluding hydrogens is 396 g/mol. The van der Waals surface area contributed by atoms with Crippen molar-refractivity contribution in [3.05, 3.63) is 23.2 Å². The first kappa shape index (κ1) is 21.3. The number of hydrogen-bond donors (Lipinski definition) is 4. The molecule has 1 aliphatic heterocycles. The molecule has 0 spiro atoms. The first-order valence-corrected chi connectivity index (χ1v) is 10.4. The van der Waals surface area contributed by atoms with Crippen LogP contribution < -0.4 is 15.8 Å². The quantitative estimate of drug-likeness (QED) is 0.556. The fourth-order valence-electron chi connectivity index (χ4n) is 3.49. The van der Waals surface area contributed by atoms with Crippen molar-refractivity contribution in [2.24, 2.45) is 5.14 Å². The number of hydroxylamine groups is 2. The molecule has 0 unspecified atom stereocenters. The molecular formula is C16H25ClN4O3S2. The van der Waals surface area contributed by atoms with E-state index in [1.807, 2.05) is 27.7 Å². The molecule has 0 saturated carbocycles. The maximum atomic E-state index is 11.4. The lowest BCUT2D eigenvalue weighted by Crippen LogP contribution is -2.63. The minimum Gasteiger partial charge on any atom is -0.360 e. The van der Waals surface area contributed by atoms with Crippen LogP contribution in [0.25, 0.3) is 0 Å². The molecule has 7 nitrogen and oxygen atoms in total. The van der Waals surface area contributed by atoms with Gasteiger partial charge in [-0.05, 0) is 71.0 Å². The first-order valence-electron chi connectivity index (χ1n) is 8.11. The summed E-state index contributed by atoms with van der Waals surface area (Å²) in [7, 11) is -3.81. The number of nitrogens with two attached hydrogens (primary N) is 1. The highest BCUT2D eigenvalue weighted by Gasteiger charge is 2.45. The van der Waals surface area contributed by atoms with Crippen molar-refractivity contribution >= 4 is 44.6 Å². The number of rotatable bonds is 3. The third-order valence-corrected chi connectivity index (χ3v) is 5.93. The summed E-state index contributed by atoms with van der Waals surface area (Å²) in [5.41, 5.74) is -0.317. The van der Waals surface area contributed by atoms with Crippen LogP contribution in [0.3, 0.4) is 0 Å². The number of nitrogens with zero attached hydrogens (tertiary/aromatic N) is 1. The summed E-state index contributed by atoms with van der Waals surface area (Å²) in [6.45, 7) is 7.90. The molecule has 1 aromatic rings. The summed E-state index contributed by atoms with van der Waals surface area (Å²) in [5, 5.41) is 23.7. The molecule has 1 aliphatic rings. The van der Waals surface area contributed by atoms with Gasteiger partial charge in [0.15, 0.2) is 5.11 Å². The second-order valence-corrected chi connectivity index (χ2v) is 10.2. The second kappa shape index (κ2) is 7.21. The number of hydrogen-bond acceptors (Lipinski definition) is 5. The molecule has 1 fully saturated rings. The van der Waals surface area contributed by atoms with E-state index >= 15 is 0 Å². The predicted molar refractivity (Wildman–Crippen MR) is 107 cm³/mol. The zero-order valence-corrected chi connectivity index (χ0v) is 17.6. The molecule has 0 atom stereocenters. The topological polar surface area (TPSA) is 108 Å². The SMILES string of the molecule is CC1(C)CC(NC(=S)Nc2ccc(S(N)(=O)=O)cc2Cl)CC(C)(C)N1O. The van der Waals surface area contributed by atoms with Crippen LogP contribution in [0.2, 0.25) is 5.02 Å². The van der Waals surface area contributed by atoms with Gasteiger partial charge in [0.2, 0.25) is 10.0 Å². The smallest absolute Gasteiger partial charge is 0.238 e. The molecule has 0 aliphatic carbocycles. The van der Waals surface area contributed by atoms with Crippen molar-refractivity contribution in [2.75, 3.05) is 5.32 Å². The van der Waals surface area contributed by atoms with Crippen LogP contribution >= 0.6 is 23.8 Å². The van der Waals surface area contributed by atoms with Crippen LogP contribution in [0, 0.1) is 0 Å². The second-order valence-electron chi connectivity index (χ2n) is 7.83. The van der Waals surface area contributed by atoms with Gasteiger partial charge >= 0.3 is 0 Å². The van der Waals surface area contributed by atoms with E-state index in [1.165, 1.54) is 23.3 Å². The fraction of sp³-hybridized carbons (Fsp3) is 0.562. The summed E-state index contributed by atoms with van der Waals surface area (Å²) in [4.78, 5) is -0.0641. The Balaban J connectivity index is 2.08. The van der Waals surface area contributed by atoms with Crippen LogP contribution in [0.4, 0.5) is 5.69 Å². The van der Waals surface area contributed by atoms with Crippen LogP contribution in [0.1, 0.15) is 40.5 Å². The van der Waals surface area contributed by atoms with Crippen molar-refractivity contribution in [1.29, 1.82) is 0 Å². The molecule has 26 heavy (non-hydrogen) atoms. The molecule has 146 valence electrons. The van der Waals surface area contributed by atoms with Crippen molar-refractivity contribution in [3.63, 3.8) is 0 Å². The normalized spacial score (nSPS) is 20.6. The lowest BCUT2D eigenvalue weighted by molar-refractivity contribution is -0.245. The highest BCUT2D eigenvalue weighted by molar-refractivity contribution is 7.89. The number of sulfonamides is 1. The zero-order valence-electron chi connectivity index (χ0n) is 15.2. The highest BCUT2D eigenvalue weighted by atomic mass is 35.5. The van der Waals surface area contributed by atoms with Crippen LogP contribution in [-0.2, 0) is 10.0 Å². The van der Waals surface area contributed by atoms with Gasteiger partial charge in [-0.2, -0.15) is 5.06 Å². The monoisotopic (exact) mass is 420 g/mol. The van der Waals surface area contributed by atoms with Crippen molar-refractivity contribution in [3.8, 4) is 0 Å². The van der Waals surface area contributed by atoms with Gasteiger partial charge in [0.1, 0.15) is 0 Å². The molecule has 0 aromatic heterocycles. The minimum absolute atomic E-state index is 0.0610. The van der Waals surface area contributed by atoms with Crippen LogP contribution in [0.5, 0.6) is 0 Å². The Kier molecular flexibility index (Phi) is 5.92. The molecule has 1 heterocycles. The maximum Gasteiger partial charge on any atom is 0.238 e. The Morgan fingerprint density at radius 3 is 2.31 bits per heavy atom. The van der Waals surface area contributed by atoms with E-state index in [9.17, 15) is 13.6 Å².